The molecule has 0 aliphatic heterocycles. The molecule has 0 atom stereocenters. The monoisotopic (exact) mass is 273 g/mol. The van der Waals surface area contributed by atoms with Gasteiger partial charge in [0.05, 0.1) is 0 Å². The molecule has 1 amide bonds. The van der Waals surface area contributed by atoms with Crippen LogP contribution in [0.3, 0.4) is 0 Å². The first-order chi connectivity index (χ1) is 9.06. The lowest BCUT2D eigenvalue weighted by Crippen LogP contribution is -2.19. The Morgan fingerprint density at radius 2 is 1.74 bits per heavy atom. The van der Waals surface area contributed by atoms with Crippen molar-refractivity contribution in [2.45, 2.75) is 13.8 Å². The number of carbonyl (C=O) groups is 2. The lowest BCUT2D eigenvalue weighted by Gasteiger charge is -2.04. The second kappa shape index (κ2) is 5.36. The minimum atomic E-state index is -0.208. The molecule has 0 bridgehead atoms. The van der Waals surface area contributed by atoms with Gasteiger partial charge in [-0.25, -0.2) is 0 Å². The molecule has 0 saturated carbocycles. The molecular weight excluding hydrogens is 258 g/mol. The summed E-state index contributed by atoms with van der Waals surface area (Å²) in [4.78, 5) is 25.9. The number of amides is 1. The Balaban J connectivity index is 2.56. The van der Waals surface area contributed by atoms with Crippen LogP contribution in [0.5, 0.6) is 0 Å². The third-order valence-corrected chi connectivity index (χ3v) is 4.29. The minimum Gasteiger partial charge on any atom is -0.354 e. The van der Waals surface area contributed by atoms with Crippen LogP contribution in [0.1, 0.15) is 36.0 Å². The van der Waals surface area contributed by atoms with Crippen molar-refractivity contribution in [2.75, 3.05) is 7.05 Å². The van der Waals surface area contributed by atoms with Gasteiger partial charge in [-0.2, -0.15) is 0 Å². The first-order valence-corrected chi connectivity index (χ1v) is 6.79. The molecule has 0 aliphatic carbocycles. The second-order valence-corrected chi connectivity index (χ2v) is 5.49. The van der Waals surface area contributed by atoms with Crippen LogP contribution in [0.4, 0.5) is 0 Å². The summed E-state index contributed by atoms with van der Waals surface area (Å²) in [6.45, 7) is 3.81. The van der Waals surface area contributed by atoms with Crippen molar-refractivity contribution < 1.29 is 9.59 Å². The molecule has 0 unspecified atom stereocenters. The SMILES string of the molecule is CNC(=O)c1sc(C)c(C)c1C(=O)c1ccccc1. The van der Waals surface area contributed by atoms with Crippen molar-refractivity contribution in [1.82, 2.24) is 5.32 Å². The molecule has 98 valence electrons. The molecule has 1 aromatic carbocycles. The van der Waals surface area contributed by atoms with Crippen LogP contribution in [0.15, 0.2) is 30.3 Å². The number of ketones is 1. The van der Waals surface area contributed by atoms with Gasteiger partial charge in [0.1, 0.15) is 4.88 Å². The molecule has 0 spiro atoms. The Hall–Kier alpha value is -1.94. The van der Waals surface area contributed by atoms with Crippen LogP contribution < -0.4 is 5.32 Å². The third-order valence-electron chi connectivity index (χ3n) is 3.08. The first kappa shape index (κ1) is 13.5. The molecule has 1 aromatic heterocycles. The smallest absolute Gasteiger partial charge is 0.261 e. The maximum absolute atomic E-state index is 12.5. The number of nitrogens with one attached hydrogen (secondary N) is 1. The lowest BCUT2D eigenvalue weighted by atomic mass is 9.99. The highest BCUT2D eigenvalue weighted by Crippen LogP contribution is 2.29. The Labute approximate surface area is 116 Å². The fourth-order valence-corrected chi connectivity index (χ4v) is 3.01. The molecule has 19 heavy (non-hydrogen) atoms. The number of hydrogen-bond acceptors (Lipinski definition) is 3. The van der Waals surface area contributed by atoms with E-state index in [2.05, 4.69) is 5.32 Å². The lowest BCUT2D eigenvalue weighted by molar-refractivity contribution is 0.0954. The van der Waals surface area contributed by atoms with Gasteiger partial charge in [0.15, 0.2) is 5.78 Å². The second-order valence-electron chi connectivity index (χ2n) is 4.26. The number of aryl methyl sites for hydroxylation is 1. The molecule has 2 aromatic rings. The first-order valence-electron chi connectivity index (χ1n) is 5.98. The van der Waals surface area contributed by atoms with Crippen LogP contribution in [-0.4, -0.2) is 18.7 Å². The molecule has 1 N–H and O–H groups in total. The summed E-state index contributed by atoms with van der Waals surface area (Å²) < 4.78 is 0. The fourth-order valence-electron chi connectivity index (χ4n) is 1.91. The Morgan fingerprint density at radius 1 is 1.11 bits per heavy atom. The highest BCUT2D eigenvalue weighted by Gasteiger charge is 2.24. The molecule has 3 nitrogen and oxygen atoms in total. The Kier molecular flexibility index (Phi) is 3.81. The zero-order chi connectivity index (χ0) is 14.0. The van der Waals surface area contributed by atoms with Gasteiger partial charge in [0, 0.05) is 23.1 Å². The van der Waals surface area contributed by atoms with Gasteiger partial charge < -0.3 is 5.32 Å². The average molecular weight is 273 g/mol. The fraction of sp³-hybridized carbons (Fsp3) is 0.200. The quantitative estimate of drug-likeness (QED) is 0.874. The molecular formula is C15H15NO2S. The van der Waals surface area contributed by atoms with Gasteiger partial charge in [-0.05, 0) is 19.4 Å². The van der Waals surface area contributed by atoms with Gasteiger partial charge in [0.2, 0.25) is 0 Å². The van der Waals surface area contributed by atoms with Gasteiger partial charge in [-0.3, -0.25) is 9.59 Å². The van der Waals surface area contributed by atoms with Crippen LogP contribution in [0.2, 0.25) is 0 Å². The molecule has 0 radical (unpaired) electrons. The van der Waals surface area contributed by atoms with E-state index < -0.39 is 0 Å². The summed E-state index contributed by atoms with van der Waals surface area (Å²) in [6.07, 6.45) is 0. The number of benzene rings is 1. The van der Waals surface area contributed by atoms with Gasteiger partial charge in [0.25, 0.3) is 5.91 Å². The summed E-state index contributed by atoms with van der Waals surface area (Å²) >= 11 is 1.36. The van der Waals surface area contributed by atoms with Crippen molar-refractivity contribution in [3.63, 3.8) is 0 Å². The molecule has 1 heterocycles. The van der Waals surface area contributed by atoms with Crippen molar-refractivity contribution in [2.24, 2.45) is 0 Å². The summed E-state index contributed by atoms with van der Waals surface area (Å²) in [6, 6.07) is 9.04. The van der Waals surface area contributed by atoms with Crippen LogP contribution in [0.25, 0.3) is 0 Å². The van der Waals surface area contributed by atoms with Crippen LogP contribution in [-0.2, 0) is 0 Å². The maximum atomic E-state index is 12.5. The minimum absolute atomic E-state index is 0.0962. The van der Waals surface area contributed by atoms with E-state index in [1.165, 1.54) is 11.3 Å². The summed E-state index contributed by atoms with van der Waals surface area (Å²) in [5, 5.41) is 2.59. The zero-order valence-electron chi connectivity index (χ0n) is 11.1. The van der Waals surface area contributed by atoms with E-state index in [9.17, 15) is 9.59 Å². The van der Waals surface area contributed by atoms with E-state index in [0.717, 1.165) is 10.4 Å². The highest BCUT2D eigenvalue weighted by molar-refractivity contribution is 7.14. The van der Waals surface area contributed by atoms with Gasteiger partial charge in [-0.1, -0.05) is 30.3 Å². The molecule has 0 fully saturated rings. The molecule has 4 heteroatoms. The van der Waals surface area contributed by atoms with Crippen LogP contribution in [0, 0.1) is 13.8 Å². The van der Waals surface area contributed by atoms with E-state index in [0.29, 0.717) is 16.0 Å². The normalized spacial score (nSPS) is 10.3. The van der Waals surface area contributed by atoms with Crippen molar-refractivity contribution in [3.05, 3.63) is 56.8 Å². The number of hydrogen-bond donors (Lipinski definition) is 1. The molecule has 2 rings (SSSR count). The van der Waals surface area contributed by atoms with Crippen molar-refractivity contribution >= 4 is 23.0 Å². The number of thiophene rings is 1. The van der Waals surface area contributed by atoms with E-state index in [1.807, 2.05) is 32.0 Å². The van der Waals surface area contributed by atoms with E-state index in [1.54, 1.807) is 19.2 Å². The van der Waals surface area contributed by atoms with Gasteiger partial charge >= 0.3 is 0 Å². The maximum Gasteiger partial charge on any atom is 0.261 e. The predicted octanol–water partition coefficient (Wildman–Crippen LogP) is 2.96. The zero-order valence-corrected chi connectivity index (χ0v) is 11.9. The van der Waals surface area contributed by atoms with E-state index in [-0.39, 0.29) is 11.7 Å². The standard InChI is InChI=1S/C15H15NO2S/c1-9-10(2)19-14(15(18)16-3)12(9)13(17)11-7-5-4-6-8-11/h4-8H,1-3H3,(H,16,18). The topological polar surface area (TPSA) is 46.2 Å². The van der Waals surface area contributed by atoms with E-state index >= 15 is 0 Å². The van der Waals surface area contributed by atoms with Crippen LogP contribution >= 0.6 is 11.3 Å². The number of carbonyl (C=O) groups excluding carboxylic acids is 2. The third kappa shape index (κ3) is 2.44. The van der Waals surface area contributed by atoms with Crippen molar-refractivity contribution in [1.29, 1.82) is 0 Å². The molecule has 0 aliphatic rings. The largest absolute Gasteiger partial charge is 0.354 e. The predicted molar refractivity (Wildman–Crippen MR) is 77.1 cm³/mol. The average Bonchev–Trinajstić information content (AvgIpc) is 2.74. The highest BCUT2D eigenvalue weighted by atomic mass is 32.1. The molecule has 0 saturated heterocycles. The summed E-state index contributed by atoms with van der Waals surface area (Å²) in [5.74, 6) is -0.304. The van der Waals surface area contributed by atoms with Gasteiger partial charge in [-0.15, -0.1) is 11.3 Å². The Morgan fingerprint density at radius 3 is 2.32 bits per heavy atom. The van der Waals surface area contributed by atoms with E-state index in [4.69, 9.17) is 0 Å². The number of rotatable bonds is 3. The summed E-state index contributed by atoms with van der Waals surface area (Å²) in [5.41, 5.74) is 2.01. The Bertz CT molecular complexity index is 629. The summed E-state index contributed by atoms with van der Waals surface area (Å²) in [7, 11) is 1.57. The van der Waals surface area contributed by atoms with Crippen molar-refractivity contribution in [3.8, 4) is 0 Å².